The molecule has 0 aliphatic carbocycles. The maximum Gasteiger partial charge on any atom is 0.328 e. The van der Waals surface area contributed by atoms with E-state index >= 15 is 0 Å². The van der Waals surface area contributed by atoms with E-state index in [2.05, 4.69) is 25.7 Å². The lowest BCUT2D eigenvalue weighted by Gasteiger charge is -2.17. The van der Waals surface area contributed by atoms with Gasteiger partial charge in [-0.3, -0.25) is 9.13 Å². The lowest BCUT2D eigenvalue weighted by atomic mass is 10.4. The summed E-state index contributed by atoms with van der Waals surface area (Å²) in [7, 11) is 0. The Morgan fingerprint density at radius 3 is 2.12 bits per heavy atom. The number of imidazole rings is 1. The zero-order valence-electron chi connectivity index (χ0n) is 10.6. The Bertz CT molecular complexity index is 349. The molecule has 1 heterocycles. The Morgan fingerprint density at radius 2 is 1.62 bits per heavy atom. The molecule has 0 aliphatic rings. The molecule has 0 amide bonds. The van der Waals surface area contributed by atoms with Crippen LogP contribution in [0.1, 0.15) is 27.2 Å². The molecule has 0 bridgehead atoms. The van der Waals surface area contributed by atoms with Crippen molar-refractivity contribution in [1.29, 1.82) is 0 Å². The number of aryl methyl sites for hydroxylation is 1. The highest BCUT2D eigenvalue weighted by Crippen LogP contribution is 1.92. The van der Waals surface area contributed by atoms with Crippen LogP contribution < -0.4 is 5.69 Å². The number of hydrogen-bond donors (Lipinski definition) is 0. The molecule has 1 rings (SSSR count). The van der Waals surface area contributed by atoms with Crippen LogP contribution in [0.25, 0.3) is 0 Å². The molecule has 0 saturated heterocycles. The number of aromatic nitrogens is 2. The fourth-order valence-corrected chi connectivity index (χ4v) is 1.82. The molecule has 0 aliphatic heterocycles. The number of likely N-dealkylation sites (N-methyl/N-ethyl adjacent to an activating group) is 1. The summed E-state index contributed by atoms with van der Waals surface area (Å²) in [4.78, 5) is 14.2. The van der Waals surface area contributed by atoms with Crippen molar-refractivity contribution in [3.63, 3.8) is 0 Å². The van der Waals surface area contributed by atoms with Crippen molar-refractivity contribution in [1.82, 2.24) is 14.0 Å². The fraction of sp³-hybridized carbons (Fsp3) is 0.750. The van der Waals surface area contributed by atoms with Crippen molar-refractivity contribution in [3.05, 3.63) is 22.9 Å². The zero-order valence-corrected chi connectivity index (χ0v) is 10.6. The van der Waals surface area contributed by atoms with Crippen molar-refractivity contribution in [2.75, 3.05) is 19.6 Å². The summed E-state index contributed by atoms with van der Waals surface area (Å²) in [5.41, 5.74) is 0.119. The summed E-state index contributed by atoms with van der Waals surface area (Å²) in [6.45, 7) is 11.0. The third-order valence-electron chi connectivity index (χ3n) is 2.93. The molecule has 4 nitrogen and oxygen atoms in total. The van der Waals surface area contributed by atoms with Gasteiger partial charge in [0, 0.05) is 32.0 Å². The standard InChI is InChI=1S/C12H23N3O/c1-4-7-14-10-11-15(12(14)16)9-8-13(5-2)6-3/h10-11H,4-9H2,1-3H3. The highest BCUT2D eigenvalue weighted by molar-refractivity contribution is 4.81. The predicted molar refractivity (Wildman–Crippen MR) is 66.8 cm³/mol. The maximum atomic E-state index is 11.9. The van der Waals surface area contributed by atoms with Crippen LogP contribution in [-0.2, 0) is 13.1 Å². The van der Waals surface area contributed by atoms with Gasteiger partial charge in [-0.15, -0.1) is 0 Å². The first-order valence-corrected chi connectivity index (χ1v) is 6.20. The van der Waals surface area contributed by atoms with Gasteiger partial charge in [0.25, 0.3) is 0 Å². The van der Waals surface area contributed by atoms with Crippen LogP contribution in [0, 0.1) is 0 Å². The summed E-state index contributed by atoms with van der Waals surface area (Å²) in [5, 5.41) is 0. The summed E-state index contributed by atoms with van der Waals surface area (Å²) in [6, 6.07) is 0. The summed E-state index contributed by atoms with van der Waals surface area (Å²) >= 11 is 0. The second-order valence-electron chi connectivity index (χ2n) is 3.99. The largest absolute Gasteiger partial charge is 0.328 e. The first-order chi connectivity index (χ1) is 7.72. The van der Waals surface area contributed by atoms with E-state index in [1.54, 1.807) is 9.13 Å². The molecule has 0 aromatic carbocycles. The van der Waals surface area contributed by atoms with Crippen molar-refractivity contribution < 1.29 is 0 Å². The first-order valence-electron chi connectivity index (χ1n) is 6.20. The molecule has 0 unspecified atom stereocenters. The molecule has 16 heavy (non-hydrogen) atoms. The zero-order chi connectivity index (χ0) is 12.0. The van der Waals surface area contributed by atoms with Gasteiger partial charge in [0.2, 0.25) is 0 Å². The third kappa shape index (κ3) is 3.23. The quantitative estimate of drug-likeness (QED) is 0.702. The van der Waals surface area contributed by atoms with Crippen LogP contribution in [-0.4, -0.2) is 33.7 Å². The van der Waals surface area contributed by atoms with Gasteiger partial charge in [0.1, 0.15) is 0 Å². The Morgan fingerprint density at radius 1 is 1.06 bits per heavy atom. The molecule has 1 aromatic rings. The van der Waals surface area contributed by atoms with E-state index in [9.17, 15) is 4.79 Å². The summed E-state index contributed by atoms with van der Waals surface area (Å²) in [5.74, 6) is 0. The Hall–Kier alpha value is -1.03. The van der Waals surface area contributed by atoms with Crippen LogP contribution in [0.15, 0.2) is 17.2 Å². The lowest BCUT2D eigenvalue weighted by molar-refractivity contribution is 0.288. The molecule has 92 valence electrons. The second-order valence-corrected chi connectivity index (χ2v) is 3.99. The van der Waals surface area contributed by atoms with Crippen LogP contribution >= 0.6 is 0 Å². The average Bonchev–Trinajstić information content (AvgIpc) is 2.63. The molecule has 0 atom stereocenters. The van der Waals surface area contributed by atoms with Gasteiger partial charge < -0.3 is 4.90 Å². The van der Waals surface area contributed by atoms with Crippen LogP contribution in [0.3, 0.4) is 0 Å². The highest BCUT2D eigenvalue weighted by Gasteiger charge is 2.04. The van der Waals surface area contributed by atoms with Crippen molar-refractivity contribution in [3.8, 4) is 0 Å². The topological polar surface area (TPSA) is 30.2 Å². The third-order valence-corrected chi connectivity index (χ3v) is 2.93. The van der Waals surface area contributed by atoms with E-state index in [1.165, 1.54) is 0 Å². The molecule has 0 N–H and O–H groups in total. The summed E-state index contributed by atoms with van der Waals surface area (Å²) in [6.07, 6.45) is 4.77. The Balaban J connectivity index is 2.57. The van der Waals surface area contributed by atoms with Crippen LogP contribution in [0.2, 0.25) is 0 Å². The monoisotopic (exact) mass is 225 g/mol. The Labute approximate surface area is 97.5 Å². The molecule has 1 aromatic heterocycles. The normalized spacial score (nSPS) is 11.2. The SMILES string of the molecule is CCCn1ccn(CCN(CC)CC)c1=O. The van der Waals surface area contributed by atoms with Gasteiger partial charge in [-0.05, 0) is 19.5 Å². The lowest BCUT2D eigenvalue weighted by Crippen LogP contribution is -2.31. The van der Waals surface area contributed by atoms with E-state index < -0.39 is 0 Å². The van der Waals surface area contributed by atoms with E-state index in [0.29, 0.717) is 0 Å². The maximum absolute atomic E-state index is 11.9. The van der Waals surface area contributed by atoms with Crippen molar-refractivity contribution in [2.24, 2.45) is 0 Å². The molecular formula is C12H23N3O. The predicted octanol–water partition coefficient (Wildman–Crippen LogP) is 1.40. The van der Waals surface area contributed by atoms with Gasteiger partial charge in [0.15, 0.2) is 0 Å². The minimum Gasteiger partial charge on any atom is -0.302 e. The van der Waals surface area contributed by atoms with Gasteiger partial charge >= 0.3 is 5.69 Å². The highest BCUT2D eigenvalue weighted by atomic mass is 16.1. The van der Waals surface area contributed by atoms with Gasteiger partial charge in [0.05, 0.1) is 0 Å². The average molecular weight is 225 g/mol. The van der Waals surface area contributed by atoms with Crippen molar-refractivity contribution >= 4 is 0 Å². The molecule has 0 fully saturated rings. The summed E-state index contributed by atoms with van der Waals surface area (Å²) < 4.78 is 3.58. The Kier molecular flexibility index (Phi) is 5.32. The van der Waals surface area contributed by atoms with Crippen LogP contribution in [0.5, 0.6) is 0 Å². The van der Waals surface area contributed by atoms with E-state index in [0.717, 1.165) is 39.1 Å². The molecular weight excluding hydrogens is 202 g/mol. The van der Waals surface area contributed by atoms with Gasteiger partial charge in [-0.25, -0.2) is 4.79 Å². The second kappa shape index (κ2) is 6.53. The molecule has 4 heteroatoms. The minimum absolute atomic E-state index is 0.119. The first kappa shape index (κ1) is 13.0. The molecule has 0 spiro atoms. The number of hydrogen-bond acceptors (Lipinski definition) is 2. The van der Waals surface area contributed by atoms with E-state index in [-0.39, 0.29) is 5.69 Å². The molecule has 0 saturated carbocycles. The van der Waals surface area contributed by atoms with Crippen molar-refractivity contribution in [2.45, 2.75) is 40.3 Å². The van der Waals surface area contributed by atoms with Gasteiger partial charge in [-0.1, -0.05) is 20.8 Å². The minimum atomic E-state index is 0.119. The number of rotatable bonds is 7. The fourth-order valence-electron chi connectivity index (χ4n) is 1.82. The number of nitrogens with zero attached hydrogens (tertiary/aromatic N) is 3. The van der Waals surface area contributed by atoms with Gasteiger partial charge in [-0.2, -0.15) is 0 Å². The van der Waals surface area contributed by atoms with E-state index in [4.69, 9.17) is 0 Å². The molecule has 0 radical (unpaired) electrons. The van der Waals surface area contributed by atoms with Crippen LogP contribution in [0.4, 0.5) is 0 Å². The smallest absolute Gasteiger partial charge is 0.302 e. The van der Waals surface area contributed by atoms with E-state index in [1.807, 2.05) is 12.4 Å².